The van der Waals surface area contributed by atoms with Crippen LogP contribution in [0.3, 0.4) is 0 Å². The van der Waals surface area contributed by atoms with E-state index >= 15 is 0 Å². The van der Waals surface area contributed by atoms with E-state index in [4.69, 9.17) is 11.6 Å². The zero-order valence-corrected chi connectivity index (χ0v) is 11.7. The van der Waals surface area contributed by atoms with E-state index in [0.717, 1.165) is 10.7 Å². The van der Waals surface area contributed by atoms with Gasteiger partial charge in [-0.15, -0.1) is 11.3 Å². The number of hydrogen-bond donors (Lipinski definition) is 1. The second-order valence-corrected chi connectivity index (χ2v) is 5.50. The Labute approximate surface area is 115 Å². The van der Waals surface area contributed by atoms with Gasteiger partial charge in [-0.05, 0) is 32.0 Å². The van der Waals surface area contributed by atoms with E-state index in [1.54, 1.807) is 35.6 Å². The molecule has 5 heteroatoms. The maximum absolute atomic E-state index is 12.0. The van der Waals surface area contributed by atoms with Gasteiger partial charge in [0, 0.05) is 16.0 Å². The SMILES string of the molecule is Cc1nc(C(C)NC(=O)c2cccc(Cl)c2)cs1. The molecule has 0 saturated carbocycles. The van der Waals surface area contributed by atoms with Crippen molar-refractivity contribution in [2.45, 2.75) is 19.9 Å². The van der Waals surface area contributed by atoms with Gasteiger partial charge in [-0.3, -0.25) is 4.79 Å². The number of hydrogen-bond acceptors (Lipinski definition) is 3. The van der Waals surface area contributed by atoms with Crippen LogP contribution in [0.2, 0.25) is 5.02 Å². The Bertz CT molecular complexity index is 568. The number of thiazole rings is 1. The number of carbonyl (C=O) groups is 1. The number of aromatic nitrogens is 1. The average Bonchev–Trinajstić information content (AvgIpc) is 2.76. The van der Waals surface area contributed by atoms with Crippen LogP contribution in [0, 0.1) is 6.92 Å². The van der Waals surface area contributed by atoms with Crippen molar-refractivity contribution < 1.29 is 4.79 Å². The number of nitrogens with one attached hydrogen (secondary N) is 1. The second kappa shape index (κ2) is 5.50. The van der Waals surface area contributed by atoms with Gasteiger partial charge in [0.1, 0.15) is 0 Å². The first kappa shape index (κ1) is 13.1. The second-order valence-electron chi connectivity index (χ2n) is 4.00. The largest absolute Gasteiger partial charge is 0.344 e. The van der Waals surface area contributed by atoms with Gasteiger partial charge in [-0.25, -0.2) is 4.98 Å². The molecule has 0 aliphatic carbocycles. The molecule has 1 aromatic carbocycles. The lowest BCUT2D eigenvalue weighted by Gasteiger charge is -2.11. The number of benzene rings is 1. The summed E-state index contributed by atoms with van der Waals surface area (Å²) in [5.41, 5.74) is 1.44. The first-order valence-corrected chi connectivity index (χ1v) is 6.80. The Hall–Kier alpha value is -1.39. The zero-order valence-electron chi connectivity index (χ0n) is 10.1. The van der Waals surface area contributed by atoms with E-state index in [2.05, 4.69) is 10.3 Å². The fourth-order valence-corrected chi connectivity index (χ4v) is 2.46. The van der Waals surface area contributed by atoms with Crippen LogP contribution in [0.1, 0.15) is 34.0 Å². The molecule has 1 amide bonds. The summed E-state index contributed by atoms with van der Waals surface area (Å²) in [5.74, 6) is -0.143. The van der Waals surface area contributed by atoms with Crippen molar-refractivity contribution in [3.63, 3.8) is 0 Å². The highest BCUT2D eigenvalue weighted by Gasteiger charge is 2.13. The Kier molecular flexibility index (Phi) is 3.99. The Morgan fingerprint density at radius 1 is 1.50 bits per heavy atom. The number of amides is 1. The van der Waals surface area contributed by atoms with Crippen molar-refractivity contribution in [1.82, 2.24) is 10.3 Å². The van der Waals surface area contributed by atoms with Gasteiger partial charge in [-0.2, -0.15) is 0 Å². The van der Waals surface area contributed by atoms with Gasteiger partial charge in [0.25, 0.3) is 5.91 Å². The molecule has 0 radical (unpaired) electrons. The molecule has 0 fully saturated rings. The van der Waals surface area contributed by atoms with E-state index in [1.807, 2.05) is 19.2 Å². The van der Waals surface area contributed by atoms with Crippen molar-refractivity contribution >= 4 is 28.8 Å². The normalized spacial score (nSPS) is 12.2. The van der Waals surface area contributed by atoms with Crippen molar-refractivity contribution in [2.24, 2.45) is 0 Å². The summed E-state index contributed by atoms with van der Waals surface area (Å²) in [7, 11) is 0. The maximum atomic E-state index is 12.0. The minimum atomic E-state index is -0.143. The summed E-state index contributed by atoms with van der Waals surface area (Å²) in [4.78, 5) is 16.3. The lowest BCUT2D eigenvalue weighted by molar-refractivity contribution is 0.0939. The molecule has 0 spiro atoms. The molecular weight excluding hydrogens is 268 g/mol. The van der Waals surface area contributed by atoms with Crippen LogP contribution in [0.25, 0.3) is 0 Å². The lowest BCUT2D eigenvalue weighted by Crippen LogP contribution is -2.26. The topological polar surface area (TPSA) is 42.0 Å². The molecule has 0 bridgehead atoms. The third kappa shape index (κ3) is 3.09. The fourth-order valence-electron chi connectivity index (χ4n) is 1.56. The van der Waals surface area contributed by atoms with E-state index in [9.17, 15) is 4.79 Å². The number of halogens is 1. The predicted molar refractivity (Wildman–Crippen MR) is 74.2 cm³/mol. The Balaban J connectivity index is 2.08. The number of carbonyl (C=O) groups excluding carboxylic acids is 1. The maximum Gasteiger partial charge on any atom is 0.251 e. The summed E-state index contributed by atoms with van der Waals surface area (Å²) >= 11 is 7.43. The summed E-state index contributed by atoms with van der Waals surface area (Å²) in [5, 5.41) is 6.41. The van der Waals surface area contributed by atoms with E-state index in [1.165, 1.54) is 0 Å². The van der Waals surface area contributed by atoms with Gasteiger partial charge in [0.05, 0.1) is 16.7 Å². The van der Waals surface area contributed by atoms with Crippen molar-refractivity contribution in [3.05, 3.63) is 50.9 Å². The van der Waals surface area contributed by atoms with E-state index in [0.29, 0.717) is 10.6 Å². The minimum Gasteiger partial charge on any atom is -0.344 e. The third-order valence-corrected chi connectivity index (χ3v) is 3.54. The Morgan fingerprint density at radius 3 is 2.89 bits per heavy atom. The van der Waals surface area contributed by atoms with E-state index in [-0.39, 0.29) is 11.9 Å². The van der Waals surface area contributed by atoms with Crippen LogP contribution < -0.4 is 5.32 Å². The van der Waals surface area contributed by atoms with Gasteiger partial charge in [0.15, 0.2) is 0 Å². The standard InChI is InChI=1S/C13H13ClN2OS/c1-8(12-7-18-9(2)16-12)15-13(17)10-4-3-5-11(14)6-10/h3-8H,1-2H3,(H,15,17). The molecule has 0 saturated heterocycles. The highest BCUT2D eigenvalue weighted by atomic mass is 35.5. The smallest absolute Gasteiger partial charge is 0.251 e. The summed E-state index contributed by atoms with van der Waals surface area (Å²) in [6.07, 6.45) is 0. The van der Waals surface area contributed by atoms with Crippen LogP contribution in [-0.2, 0) is 0 Å². The molecule has 2 aromatic rings. The van der Waals surface area contributed by atoms with Gasteiger partial charge in [-0.1, -0.05) is 17.7 Å². The average molecular weight is 281 g/mol. The molecule has 2 rings (SSSR count). The van der Waals surface area contributed by atoms with Crippen LogP contribution in [0.15, 0.2) is 29.6 Å². The first-order chi connectivity index (χ1) is 8.56. The van der Waals surface area contributed by atoms with Crippen LogP contribution in [0.4, 0.5) is 0 Å². The first-order valence-electron chi connectivity index (χ1n) is 5.54. The highest BCUT2D eigenvalue weighted by molar-refractivity contribution is 7.09. The zero-order chi connectivity index (χ0) is 13.1. The molecule has 0 aliphatic heterocycles. The van der Waals surface area contributed by atoms with Gasteiger partial charge < -0.3 is 5.32 Å². The molecule has 18 heavy (non-hydrogen) atoms. The summed E-state index contributed by atoms with van der Waals surface area (Å²) < 4.78 is 0. The molecule has 3 nitrogen and oxygen atoms in total. The molecule has 0 aliphatic rings. The molecule has 1 N–H and O–H groups in total. The molecule has 1 atom stereocenters. The quantitative estimate of drug-likeness (QED) is 0.933. The fraction of sp³-hybridized carbons (Fsp3) is 0.231. The Morgan fingerprint density at radius 2 is 2.28 bits per heavy atom. The van der Waals surface area contributed by atoms with Crippen LogP contribution >= 0.6 is 22.9 Å². The minimum absolute atomic E-state index is 0.110. The molecule has 94 valence electrons. The molecule has 1 unspecified atom stereocenters. The van der Waals surface area contributed by atoms with Crippen LogP contribution in [0.5, 0.6) is 0 Å². The number of aryl methyl sites for hydroxylation is 1. The molecule has 1 aromatic heterocycles. The van der Waals surface area contributed by atoms with Gasteiger partial charge >= 0.3 is 0 Å². The monoisotopic (exact) mass is 280 g/mol. The van der Waals surface area contributed by atoms with Crippen molar-refractivity contribution in [2.75, 3.05) is 0 Å². The lowest BCUT2D eigenvalue weighted by atomic mass is 10.2. The van der Waals surface area contributed by atoms with E-state index < -0.39 is 0 Å². The highest BCUT2D eigenvalue weighted by Crippen LogP contribution is 2.17. The molecule has 1 heterocycles. The summed E-state index contributed by atoms with van der Waals surface area (Å²) in [6.45, 7) is 3.86. The van der Waals surface area contributed by atoms with Crippen molar-refractivity contribution in [1.29, 1.82) is 0 Å². The number of rotatable bonds is 3. The summed E-state index contributed by atoms with van der Waals surface area (Å²) in [6, 6.07) is 6.78. The van der Waals surface area contributed by atoms with Gasteiger partial charge in [0.2, 0.25) is 0 Å². The predicted octanol–water partition coefficient (Wildman–Crippen LogP) is 3.60. The van der Waals surface area contributed by atoms with Crippen molar-refractivity contribution in [3.8, 4) is 0 Å². The molecular formula is C13H13ClN2OS. The van der Waals surface area contributed by atoms with Crippen LogP contribution in [-0.4, -0.2) is 10.9 Å². The number of nitrogens with zero attached hydrogens (tertiary/aromatic N) is 1. The third-order valence-electron chi connectivity index (χ3n) is 2.51.